The number of likely N-dealkylation sites (tertiary alicyclic amines) is 1. The second kappa shape index (κ2) is 7.46. The van der Waals surface area contributed by atoms with Gasteiger partial charge in [0.2, 0.25) is 0 Å². The van der Waals surface area contributed by atoms with Crippen molar-refractivity contribution in [1.82, 2.24) is 4.90 Å². The predicted octanol–water partition coefficient (Wildman–Crippen LogP) is 3.38. The number of amides is 1. The summed E-state index contributed by atoms with van der Waals surface area (Å²) in [6.07, 6.45) is 3.33. The quantitative estimate of drug-likeness (QED) is 0.910. The minimum absolute atomic E-state index is 0.0403. The van der Waals surface area contributed by atoms with Crippen molar-refractivity contribution >= 4 is 5.91 Å². The molecule has 0 aliphatic carbocycles. The summed E-state index contributed by atoms with van der Waals surface area (Å²) < 4.78 is 5.57. The number of ether oxygens (including phenoxy) is 1. The fourth-order valence-electron chi connectivity index (χ4n) is 4.04. The maximum Gasteiger partial charge on any atom is 0.254 e. The van der Waals surface area contributed by atoms with Gasteiger partial charge in [0.25, 0.3) is 5.91 Å². The lowest BCUT2D eigenvalue weighted by Gasteiger charge is -2.37. The van der Waals surface area contributed by atoms with E-state index in [0.717, 1.165) is 31.4 Å². The molecule has 1 aromatic carbocycles. The van der Waals surface area contributed by atoms with E-state index < -0.39 is 0 Å². The Morgan fingerprint density at radius 1 is 1.28 bits per heavy atom. The Morgan fingerprint density at radius 2 is 2.00 bits per heavy atom. The first-order valence-corrected chi connectivity index (χ1v) is 9.61. The van der Waals surface area contributed by atoms with Crippen LogP contribution >= 0.6 is 0 Å². The molecule has 0 saturated carbocycles. The van der Waals surface area contributed by atoms with Gasteiger partial charge in [-0.25, -0.2) is 0 Å². The number of carbonyl (C=O) groups excluding carboxylic acids is 1. The Labute approximate surface area is 151 Å². The topological polar surface area (TPSA) is 49.8 Å². The van der Waals surface area contributed by atoms with Gasteiger partial charge in [-0.1, -0.05) is 32.9 Å². The summed E-state index contributed by atoms with van der Waals surface area (Å²) in [7, 11) is 0. The van der Waals surface area contributed by atoms with E-state index in [0.29, 0.717) is 19.6 Å². The zero-order valence-electron chi connectivity index (χ0n) is 15.7. The van der Waals surface area contributed by atoms with E-state index >= 15 is 0 Å². The standard InChI is InChI=1S/C21H31NO3/c1-4-21(2,3)16-9-7-15(8-10-16)20(24)22-12-5-6-18(22)17-14-25-13-11-19(17)23/h7-10,17-19,23H,4-6,11-14H2,1-3H3/t17-,18+,19+/m0/s1. The summed E-state index contributed by atoms with van der Waals surface area (Å²) >= 11 is 0. The Kier molecular flexibility index (Phi) is 5.49. The molecular weight excluding hydrogens is 314 g/mol. The van der Waals surface area contributed by atoms with Crippen LogP contribution in [0.1, 0.15) is 62.4 Å². The highest BCUT2D eigenvalue weighted by Gasteiger charge is 2.39. The van der Waals surface area contributed by atoms with Gasteiger partial charge < -0.3 is 14.7 Å². The second-order valence-electron chi connectivity index (χ2n) is 8.12. The average molecular weight is 345 g/mol. The van der Waals surface area contributed by atoms with Crippen molar-refractivity contribution in [3.05, 3.63) is 35.4 Å². The van der Waals surface area contributed by atoms with Crippen molar-refractivity contribution in [3.8, 4) is 0 Å². The van der Waals surface area contributed by atoms with Crippen LogP contribution in [-0.4, -0.2) is 47.8 Å². The zero-order chi connectivity index (χ0) is 18.0. The van der Waals surface area contributed by atoms with Gasteiger partial charge in [0, 0.05) is 30.7 Å². The molecule has 4 heteroatoms. The Bertz CT molecular complexity index is 596. The largest absolute Gasteiger partial charge is 0.393 e. The van der Waals surface area contributed by atoms with Crippen molar-refractivity contribution in [2.75, 3.05) is 19.8 Å². The normalized spacial score (nSPS) is 27.5. The molecule has 0 unspecified atom stereocenters. The molecule has 4 nitrogen and oxygen atoms in total. The zero-order valence-corrected chi connectivity index (χ0v) is 15.7. The monoisotopic (exact) mass is 345 g/mol. The molecule has 25 heavy (non-hydrogen) atoms. The van der Waals surface area contributed by atoms with E-state index in [4.69, 9.17) is 4.74 Å². The van der Waals surface area contributed by atoms with Crippen molar-refractivity contribution < 1.29 is 14.6 Å². The van der Waals surface area contributed by atoms with Crippen LogP contribution in [0.4, 0.5) is 0 Å². The summed E-state index contributed by atoms with van der Waals surface area (Å²) in [4.78, 5) is 15.0. The highest BCUT2D eigenvalue weighted by atomic mass is 16.5. The summed E-state index contributed by atoms with van der Waals surface area (Å²) in [6, 6.07) is 8.17. The molecule has 1 N–H and O–H groups in total. The number of nitrogens with zero attached hydrogens (tertiary/aromatic N) is 1. The lowest BCUT2D eigenvalue weighted by Crippen LogP contribution is -2.48. The van der Waals surface area contributed by atoms with Gasteiger partial charge in [0.05, 0.1) is 12.7 Å². The van der Waals surface area contributed by atoms with Crippen LogP contribution in [0.25, 0.3) is 0 Å². The van der Waals surface area contributed by atoms with E-state index in [2.05, 4.69) is 32.9 Å². The molecule has 2 saturated heterocycles. The van der Waals surface area contributed by atoms with Crippen LogP contribution in [-0.2, 0) is 10.2 Å². The number of aliphatic hydroxyl groups is 1. The second-order valence-corrected chi connectivity index (χ2v) is 8.12. The fraction of sp³-hybridized carbons (Fsp3) is 0.667. The maximum absolute atomic E-state index is 13.0. The summed E-state index contributed by atoms with van der Waals surface area (Å²) in [6.45, 7) is 8.59. The minimum atomic E-state index is -0.361. The minimum Gasteiger partial charge on any atom is -0.393 e. The van der Waals surface area contributed by atoms with Crippen molar-refractivity contribution in [1.29, 1.82) is 0 Å². The van der Waals surface area contributed by atoms with Gasteiger partial charge in [0.1, 0.15) is 0 Å². The average Bonchev–Trinajstić information content (AvgIpc) is 3.11. The summed E-state index contributed by atoms with van der Waals surface area (Å²) in [5, 5.41) is 10.3. The molecule has 1 amide bonds. The Morgan fingerprint density at radius 3 is 2.64 bits per heavy atom. The smallest absolute Gasteiger partial charge is 0.254 e. The van der Waals surface area contributed by atoms with Gasteiger partial charge in [-0.15, -0.1) is 0 Å². The Hall–Kier alpha value is -1.39. The number of hydrogen-bond acceptors (Lipinski definition) is 3. The molecule has 2 aliphatic rings. The van der Waals surface area contributed by atoms with E-state index in [1.807, 2.05) is 17.0 Å². The SMILES string of the molecule is CCC(C)(C)c1ccc(C(=O)N2CCC[C@@H]2[C@@H]2COCC[C@H]2O)cc1. The van der Waals surface area contributed by atoms with Crippen molar-refractivity contribution in [2.45, 2.75) is 64.0 Å². The van der Waals surface area contributed by atoms with Crippen molar-refractivity contribution in [2.24, 2.45) is 5.92 Å². The van der Waals surface area contributed by atoms with Gasteiger partial charge in [0.15, 0.2) is 0 Å². The molecule has 0 spiro atoms. The number of aliphatic hydroxyl groups excluding tert-OH is 1. The Balaban J connectivity index is 1.75. The molecule has 0 aromatic heterocycles. The van der Waals surface area contributed by atoms with E-state index in [1.165, 1.54) is 5.56 Å². The van der Waals surface area contributed by atoms with E-state index in [1.54, 1.807) is 0 Å². The van der Waals surface area contributed by atoms with Crippen LogP contribution in [0.5, 0.6) is 0 Å². The third-order valence-electron chi connectivity index (χ3n) is 6.21. The molecule has 0 bridgehead atoms. The highest BCUT2D eigenvalue weighted by molar-refractivity contribution is 5.94. The predicted molar refractivity (Wildman–Crippen MR) is 98.8 cm³/mol. The van der Waals surface area contributed by atoms with Crippen molar-refractivity contribution in [3.63, 3.8) is 0 Å². The first kappa shape index (κ1) is 18.4. The molecule has 3 atom stereocenters. The summed E-state index contributed by atoms with van der Waals surface area (Å²) in [5.74, 6) is 0.125. The lowest BCUT2D eigenvalue weighted by molar-refractivity contribution is -0.0589. The van der Waals surface area contributed by atoms with Crippen LogP contribution in [0.15, 0.2) is 24.3 Å². The molecule has 2 fully saturated rings. The van der Waals surface area contributed by atoms with Crippen LogP contribution < -0.4 is 0 Å². The van der Waals surface area contributed by atoms with Gasteiger partial charge in [-0.2, -0.15) is 0 Å². The molecule has 2 aliphatic heterocycles. The van der Waals surface area contributed by atoms with Gasteiger partial charge in [-0.05, 0) is 48.8 Å². The number of hydrogen-bond donors (Lipinski definition) is 1. The molecule has 1 aromatic rings. The van der Waals surface area contributed by atoms with Crippen LogP contribution in [0.3, 0.4) is 0 Å². The molecule has 2 heterocycles. The molecule has 138 valence electrons. The first-order chi connectivity index (χ1) is 11.9. The van der Waals surface area contributed by atoms with Crippen LogP contribution in [0, 0.1) is 5.92 Å². The number of carbonyl (C=O) groups is 1. The van der Waals surface area contributed by atoms with E-state index in [9.17, 15) is 9.90 Å². The number of benzene rings is 1. The van der Waals surface area contributed by atoms with Gasteiger partial charge >= 0.3 is 0 Å². The highest BCUT2D eigenvalue weighted by Crippen LogP contribution is 2.32. The number of rotatable bonds is 4. The lowest BCUT2D eigenvalue weighted by atomic mass is 9.82. The summed E-state index contributed by atoms with van der Waals surface area (Å²) in [5.41, 5.74) is 2.13. The first-order valence-electron chi connectivity index (χ1n) is 9.61. The fourth-order valence-corrected chi connectivity index (χ4v) is 4.04. The molecular formula is C21H31NO3. The van der Waals surface area contributed by atoms with Gasteiger partial charge in [-0.3, -0.25) is 4.79 Å². The molecule has 0 radical (unpaired) electrons. The maximum atomic E-state index is 13.0. The van der Waals surface area contributed by atoms with E-state index in [-0.39, 0.29) is 29.4 Å². The third kappa shape index (κ3) is 3.75. The van der Waals surface area contributed by atoms with Crippen LogP contribution in [0.2, 0.25) is 0 Å². The molecule has 3 rings (SSSR count). The third-order valence-corrected chi connectivity index (χ3v) is 6.21.